The average molecular weight is 448 g/mol. The molecule has 3 aromatic rings. The molecule has 0 spiro atoms. The van der Waals surface area contributed by atoms with Crippen molar-refractivity contribution in [3.05, 3.63) is 60.2 Å². The standard InChI is InChI=1S/C28H37N3O2/c1-26(2,3)29-24(32)18-31-22-15-14-21(28(7,8)25(33)30-27(4,5)6)16-20(22)17-23(31)19-12-10-9-11-13-19/h9-17H,18H2,1-8H3,(H,29,32)(H,30,33). The number of hydrogen-bond donors (Lipinski definition) is 2. The molecular weight excluding hydrogens is 410 g/mol. The lowest BCUT2D eigenvalue weighted by Gasteiger charge is -2.30. The number of carbonyl (C=O) groups excluding carboxylic acids is 2. The molecule has 0 radical (unpaired) electrons. The Balaban J connectivity index is 2.08. The molecule has 176 valence electrons. The number of benzene rings is 2. The van der Waals surface area contributed by atoms with Crippen LogP contribution in [0.4, 0.5) is 0 Å². The van der Waals surface area contributed by atoms with Gasteiger partial charge in [-0.25, -0.2) is 0 Å². The van der Waals surface area contributed by atoms with Crippen molar-refractivity contribution in [3.8, 4) is 11.3 Å². The van der Waals surface area contributed by atoms with Crippen molar-refractivity contribution in [2.75, 3.05) is 0 Å². The van der Waals surface area contributed by atoms with Gasteiger partial charge in [-0.05, 0) is 84.7 Å². The molecule has 0 fully saturated rings. The third-order valence-corrected chi connectivity index (χ3v) is 5.56. The van der Waals surface area contributed by atoms with Crippen molar-refractivity contribution >= 4 is 22.7 Å². The molecule has 2 aromatic carbocycles. The molecule has 0 aliphatic rings. The molecule has 0 aliphatic heterocycles. The zero-order valence-corrected chi connectivity index (χ0v) is 21.2. The first-order chi connectivity index (χ1) is 15.2. The van der Waals surface area contributed by atoms with Crippen LogP contribution in [0.15, 0.2) is 54.6 Å². The van der Waals surface area contributed by atoms with Crippen LogP contribution in [-0.2, 0) is 21.5 Å². The predicted molar refractivity (Wildman–Crippen MR) is 136 cm³/mol. The van der Waals surface area contributed by atoms with Crippen LogP contribution in [0.5, 0.6) is 0 Å². The van der Waals surface area contributed by atoms with E-state index in [9.17, 15) is 9.59 Å². The molecule has 2 amide bonds. The summed E-state index contributed by atoms with van der Waals surface area (Å²) in [6.07, 6.45) is 0. The van der Waals surface area contributed by atoms with E-state index >= 15 is 0 Å². The van der Waals surface area contributed by atoms with E-state index in [1.807, 2.05) is 97.9 Å². The van der Waals surface area contributed by atoms with Gasteiger partial charge in [0.15, 0.2) is 0 Å². The first kappa shape index (κ1) is 24.6. The van der Waals surface area contributed by atoms with E-state index in [2.05, 4.69) is 27.3 Å². The summed E-state index contributed by atoms with van der Waals surface area (Å²) in [4.78, 5) is 25.8. The van der Waals surface area contributed by atoms with E-state index in [-0.39, 0.29) is 29.4 Å². The van der Waals surface area contributed by atoms with Crippen LogP contribution in [0.3, 0.4) is 0 Å². The zero-order valence-electron chi connectivity index (χ0n) is 21.2. The molecule has 33 heavy (non-hydrogen) atoms. The molecule has 5 heteroatoms. The monoisotopic (exact) mass is 447 g/mol. The number of fused-ring (bicyclic) bond motifs is 1. The fourth-order valence-electron chi connectivity index (χ4n) is 3.91. The van der Waals surface area contributed by atoms with Crippen LogP contribution in [0.25, 0.3) is 22.2 Å². The van der Waals surface area contributed by atoms with Gasteiger partial charge in [0, 0.05) is 27.7 Å². The highest BCUT2D eigenvalue weighted by Gasteiger charge is 2.32. The summed E-state index contributed by atoms with van der Waals surface area (Å²) in [5.74, 6) is -0.0484. The molecule has 1 aromatic heterocycles. The van der Waals surface area contributed by atoms with Crippen molar-refractivity contribution in [1.29, 1.82) is 0 Å². The Morgan fingerprint density at radius 2 is 1.39 bits per heavy atom. The predicted octanol–water partition coefficient (Wildman–Crippen LogP) is 5.42. The minimum absolute atomic E-state index is 0.0124. The molecule has 0 saturated heterocycles. The third-order valence-electron chi connectivity index (χ3n) is 5.56. The molecule has 0 atom stereocenters. The van der Waals surface area contributed by atoms with Gasteiger partial charge in [-0.1, -0.05) is 36.4 Å². The Morgan fingerprint density at radius 3 is 1.97 bits per heavy atom. The van der Waals surface area contributed by atoms with Gasteiger partial charge in [0.05, 0.1) is 5.41 Å². The van der Waals surface area contributed by atoms with Gasteiger partial charge in [-0.15, -0.1) is 0 Å². The van der Waals surface area contributed by atoms with Gasteiger partial charge in [-0.2, -0.15) is 0 Å². The number of nitrogens with zero attached hydrogens (tertiary/aromatic N) is 1. The van der Waals surface area contributed by atoms with Gasteiger partial charge in [0.2, 0.25) is 11.8 Å². The largest absolute Gasteiger partial charge is 0.351 e. The van der Waals surface area contributed by atoms with E-state index < -0.39 is 5.41 Å². The van der Waals surface area contributed by atoms with Crippen molar-refractivity contribution in [2.24, 2.45) is 0 Å². The molecule has 0 bridgehead atoms. The van der Waals surface area contributed by atoms with E-state index in [4.69, 9.17) is 0 Å². The van der Waals surface area contributed by atoms with Crippen LogP contribution >= 0.6 is 0 Å². The van der Waals surface area contributed by atoms with Gasteiger partial charge >= 0.3 is 0 Å². The van der Waals surface area contributed by atoms with Gasteiger partial charge in [0.25, 0.3) is 0 Å². The van der Waals surface area contributed by atoms with E-state index in [0.717, 1.165) is 27.7 Å². The normalized spacial score (nSPS) is 12.6. The van der Waals surface area contributed by atoms with Crippen molar-refractivity contribution in [3.63, 3.8) is 0 Å². The fraction of sp³-hybridized carbons (Fsp3) is 0.429. The maximum absolute atomic E-state index is 13.0. The second-order valence-electron chi connectivity index (χ2n) is 11.4. The SMILES string of the molecule is CC(C)(C)NC(=O)Cn1c(-c2ccccc2)cc2cc(C(C)(C)C(=O)NC(C)(C)C)ccc21. The molecule has 0 unspecified atom stereocenters. The van der Waals surface area contributed by atoms with Gasteiger partial charge in [-0.3, -0.25) is 9.59 Å². The lowest BCUT2D eigenvalue weighted by molar-refractivity contribution is -0.127. The maximum Gasteiger partial charge on any atom is 0.240 e. The van der Waals surface area contributed by atoms with Crippen LogP contribution in [0.1, 0.15) is 61.0 Å². The molecular formula is C28H37N3O2. The summed E-state index contributed by atoms with van der Waals surface area (Å²) in [6.45, 7) is 16.0. The zero-order chi connectivity index (χ0) is 24.6. The number of hydrogen-bond acceptors (Lipinski definition) is 2. The van der Waals surface area contributed by atoms with Crippen molar-refractivity contribution in [2.45, 2.75) is 78.4 Å². The van der Waals surface area contributed by atoms with Crippen LogP contribution in [0.2, 0.25) is 0 Å². The number of nitrogens with one attached hydrogen (secondary N) is 2. The van der Waals surface area contributed by atoms with Gasteiger partial charge in [0.1, 0.15) is 6.54 Å². The van der Waals surface area contributed by atoms with Crippen molar-refractivity contribution < 1.29 is 9.59 Å². The van der Waals surface area contributed by atoms with E-state index in [1.54, 1.807) is 0 Å². The number of aromatic nitrogens is 1. The summed E-state index contributed by atoms with van der Waals surface area (Å²) < 4.78 is 2.05. The molecule has 1 heterocycles. The Morgan fingerprint density at radius 1 is 0.788 bits per heavy atom. The Labute approximate surface area is 197 Å². The highest BCUT2D eigenvalue weighted by atomic mass is 16.2. The van der Waals surface area contributed by atoms with Crippen LogP contribution < -0.4 is 10.6 Å². The molecule has 0 saturated carbocycles. The second-order valence-corrected chi connectivity index (χ2v) is 11.4. The van der Waals surface area contributed by atoms with Gasteiger partial charge < -0.3 is 15.2 Å². The molecule has 0 aliphatic carbocycles. The molecule has 2 N–H and O–H groups in total. The number of carbonyl (C=O) groups is 2. The van der Waals surface area contributed by atoms with E-state index in [0.29, 0.717) is 0 Å². The second kappa shape index (κ2) is 8.69. The fourth-order valence-corrected chi connectivity index (χ4v) is 3.91. The first-order valence-corrected chi connectivity index (χ1v) is 11.5. The summed E-state index contributed by atoms with van der Waals surface area (Å²) in [5.41, 5.74) is 2.63. The molecule has 3 rings (SSSR count). The summed E-state index contributed by atoms with van der Waals surface area (Å²) in [5, 5.41) is 7.17. The Bertz CT molecular complexity index is 1160. The van der Waals surface area contributed by atoms with Crippen LogP contribution in [0, 0.1) is 0 Å². The third kappa shape index (κ3) is 5.84. The number of rotatable bonds is 5. The Kier molecular flexibility index (Phi) is 6.47. The molecule has 5 nitrogen and oxygen atoms in total. The Hall–Kier alpha value is -3.08. The quantitative estimate of drug-likeness (QED) is 0.549. The summed E-state index contributed by atoms with van der Waals surface area (Å²) in [7, 11) is 0. The minimum Gasteiger partial charge on any atom is -0.351 e. The summed E-state index contributed by atoms with van der Waals surface area (Å²) in [6, 6.07) is 18.3. The highest BCUT2D eigenvalue weighted by molar-refractivity contribution is 5.93. The van der Waals surface area contributed by atoms with Crippen LogP contribution in [-0.4, -0.2) is 27.5 Å². The lowest BCUT2D eigenvalue weighted by Crippen LogP contribution is -2.48. The first-order valence-electron chi connectivity index (χ1n) is 11.5. The topological polar surface area (TPSA) is 63.1 Å². The minimum atomic E-state index is -0.694. The summed E-state index contributed by atoms with van der Waals surface area (Å²) >= 11 is 0. The average Bonchev–Trinajstić information content (AvgIpc) is 3.03. The number of amides is 2. The highest BCUT2D eigenvalue weighted by Crippen LogP contribution is 2.33. The van der Waals surface area contributed by atoms with E-state index in [1.165, 1.54) is 0 Å². The van der Waals surface area contributed by atoms with Crippen molar-refractivity contribution in [1.82, 2.24) is 15.2 Å². The smallest absolute Gasteiger partial charge is 0.240 e. The lowest BCUT2D eigenvalue weighted by atomic mass is 9.82. The maximum atomic E-state index is 13.0.